The molecule has 1 aromatic heterocycles. The third-order valence-electron chi connectivity index (χ3n) is 12.7. The number of hydrogen-bond acceptors (Lipinski definition) is 2. The lowest BCUT2D eigenvalue weighted by atomic mass is 9.89. The summed E-state index contributed by atoms with van der Waals surface area (Å²) >= 11 is 0. The Morgan fingerprint density at radius 2 is 0.688 bits per heavy atom. The minimum Gasteiger partial charge on any atom is -0.454 e. The highest BCUT2D eigenvalue weighted by atomic mass is 16.3. The summed E-state index contributed by atoms with van der Waals surface area (Å²) in [7, 11) is 0. The van der Waals surface area contributed by atoms with Gasteiger partial charge in [-0.15, -0.1) is 0 Å². The van der Waals surface area contributed by atoms with Crippen LogP contribution in [0.3, 0.4) is 0 Å². The second kappa shape index (κ2) is 15.8. The Kier molecular flexibility index (Phi) is 9.20. The fourth-order valence-corrected chi connectivity index (χ4v) is 9.65. The van der Waals surface area contributed by atoms with E-state index < -0.39 is 0 Å². The van der Waals surface area contributed by atoms with Gasteiger partial charge in [0.15, 0.2) is 5.58 Å². The summed E-state index contributed by atoms with van der Waals surface area (Å²) < 4.78 is 6.85. The molecule has 0 fully saturated rings. The molecule has 0 amide bonds. The van der Waals surface area contributed by atoms with Crippen molar-refractivity contribution in [1.82, 2.24) is 0 Å². The Morgan fingerprint density at radius 1 is 0.266 bits per heavy atom. The van der Waals surface area contributed by atoms with Crippen molar-refractivity contribution in [2.75, 3.05) is 4.90 Å². The predicted octanol–water partition coefficient (Wildman–Crippen LogP) is 17.7. The second-order valence-electron chi connectivity index (χ2n) is 16.4. The number of para-hydroxylation sites is 2. The Hall–Kier alpha value is -8.46. The maximum absolute atomic E-state index is 6.85. The normalized spacial score (nSPS) is 11.4. The summed E-state index contributed by atoms with van der Waals surface area (Å²) in [5.41, 5.74) is 16.7. The van der Waals surface area contributed by atoms with Crippen LogP contribution in [0.2, 0.25) is 0 Å². The summed E-state index contributed by atoms with van der Waals surface area (Å²) in [6, 6.07) is 89.6. The van der Waals surface area contributed by atoms with Gasteiger partial charge in [-0.25, -0.2) is 0 Å². The van der Waals surface area contributed by atoms with Crippen LogP contribution in [-0.4, -0.2) is 0 Å². The molecule has 0 atom stereocenters. The maximum atomic E-state index is 6.85. The molecule has 0 spiro atoms. The quantitative estimate of drug-likeness (QED) is 0.142. The molecular weight excluding hydrogens is 775 g/mol. The van der Waals surface area contributed by atoms with Crippen molar-refractivity contribution < 1.29 is 4.42 Å². The Bertz CT molecular complexity index is 3630. The van der Waals surface area contributed by atoms with Gasteiger partial charge in [0.1, 0.15) is 5.58 Å². The van der Waals surface area contributed by atoms with Gasteiger partial charge in [0.2, 0.25) is 0 Å². The number of nitrogens with zero attached hydrogens (tertiary/aromatic N) is 1. The number of benzene rings is 11. The summed E-state index contributed by atoms with van der Waals surface area (Å²) in [6.07, 6.45) is 0. The molecule has 300 valence electrons. The van der Waals surface area contributed by atoms with Crippen molar-refractivity contribution >= 4 is 60.5 Å². The Labute approximate surface area is 372 Å². The Morgan fingerprint density at radius 3 is 1.33 bits per heavy atom. The third kappa shape index (κ3) is 6.44. The van der Waals surface area contributed by atoms with Gasteiger partial charge in [0.25, 0.3) is 0 Å². The van der Waals surface area contributed by atoms with Crippen molar-refractivity contribution in [3.05, 3.63) is 249 Å². The molecule has 11 aromatic carbocycles. The SMILES string of the molecule is c1ccc(-c2ccc(-c3c(N(c4ccc(-c5ccc(-c6ccccc6-c6ccccc6)cc5)cc4)c4cccc5c4oc4ccccc45)c4ccccc4c4ccccc34)cc2)cc1. The van der Waals surface area contributed by atoms with E-state index in [9.17, 15) is 0 Å². The lowest BCUT2D eigenvalue weighted by molar-refractivity contribution is 0.669. The van der Waals surface area contributed by atoms with Crippen LogP contribution in [0.15, 0.2) is 253 Å². The van der Waals surface area contributed by atoms with Crippen LogP contribution < -0.4 is 4.90 Å². The maximum Gasteiger partial charge on any atom is 0.159 e. The molecule has 12 rings (SSSR count). The molecular formula is C62H41NO. The highest BCUT2D eigenvalue weighted by Crippen LogP contribution is 2.51. The molecule has 0 saturated heterocycles. The van der Waals surface area contributed by atoms with Crippen molar-refractivity contribution in [1.29, 1.82) is 0 Å². The molecule has 2 nitrogen and oxygen atoms in total. The standard InChI is InChI=1S/C62H41NO/c1-3-16-42(17-4-1)43-32-36-48(37-33-43)60-55-25-11-9-22-52(55)53-23-10-12-26-56(53)61(60)63(58-28-15-27-57-54-24-13-14-29-59(54)64-62(57)58)49-40-38-45(39-41-49)44-30-34-47(35-31-44)51-21-8-7-20-50(51)46-18-5-2-6-19-46/h1-41H. The van der Waals surface area contributed by atoms with Crippen LogP contribution in [0, 0.1) is 0 Å². The first-order valence-corrected chi connectivity index (χ1v) is 21.9. The number of rotatable bonds is 8. The third-order valence-corrected chi connectivity index (χ3v) is 12.7. The molecule has 0 radical (unpaired) electrons. The van der Waals surface area contributed by atoms with Crippen LogP contribution in [0.4, 0.5) is 17.1 Å². The lowest BCUT2D eigenvalue weighted by Crippen LogP contribution is -2.12. The van der Waals surface area contributed by atoms with Crippen LogP contribution in [0.25, 0.3) is 99.1 Å². The van der Waals surface area contributed by atoms with E-state index in [1.54, 1.807) is 0 Å². The van der Waals surface area contributed by atoms with E-state index >= 15 is 0 Å². The van der Waals surface area contributed by atoms with E-state index in [0.717, 1.165) is 66.6 Å². The fourth-order valence-electron chi connectivity index (χ4n) is 9.65. The van der Waals surface area contributed by atoms with Gasteiger partial charge in [-0.05, 0) is 90.5 Å². The van der Waals surface area contributed by atoms with Gasteiger partial charge in [0.05, 0.1) is 11.4 Å². The zero-order valence-corrected chi connectivity index (χ0v) is 35.0. The molecule has 1 heterocycles. The van der Waals surface area contributed by atoms with E-state index in [0.29, 0.717) is 0 Å². The molecule has 0 N–H and O–H groups in total. The average Bonchev–Trinajstić information content (AvgIpc) is 3.77. The van der Waals surface area contributed by atoms with E-state index in [1.165, 1.54) is 49.5 Å². The first-order valence-electron chi connectivity index (χ1n) is 21.9. The monoisotopic (exact) mass is 815 g/mol. The summed E-state index contributed by atoms with van der Waals surface area (Å²) in [5.74, 6) is 0. The summed E-state index contributed by atoms with van der Waals surface area (Å²) in [5, 5.41) is 6.95. The molecule has 0 aliphatic heterocycles. The van der Waals surface area contributed by atoms with Gasteiger partial charge in [-0.1, -0.05) is 224 Å². The average molecular weight is 816 g/mol. The van der Waals surface area contributed by atoms with Gasteiger partial charge < -0.3 is 9.32 Å². The first-order chi connectivity index (χ1) is 31.8. The second-order valence-corrected chi connectivity index (χ2v) is 16.4. The van der Waals surface area contributed by atoms with Gasteiger partial charge in [-0.3, -0.25) is 0 Å². The van der Waals surface area contributed by atoms with Crippen LogP contribution in [0.5, 0.6) is 0 Å². The largest absolute Gasteiger partial charge is 0.454 e. The van der Waals surface area contributed by atoms with E-state index in [1.807, 2.05) is 6.07 Å². The molecule has 0 bridgehead atoms. The number of furan rings is 1. The Balaban J connectivity index is 1.05. The number of hydrogen-bond donors (Lipinski definition) is 0. The van der Waals surface area contributed by atoms with Crippen molar-refractivity contribution in [3.63, 3.8) is 0 Å². The topological polar surface area (TPSA) is 16.4 Å². The minimum atomic E-state index is 0.849. The zero-order chi connectivity index (χ0) is 42.4. The molecule has 2 heteroatoms. The zero-order valence-electron chi connectivity index (χ0n) is 35.0. The van der Waals surface area contributed by atoms with E-state index in [-0.39, 0.29) is 0 Å². The highest BCUT2D eigenvalue weighted by Gasteiger charge is 2.26. The van der Waals surface area contributed by atoms with Crippen molar-refractivity contribution in [3.8, 4) is 55.6 Å². The van der Waals surface area contributed by atoms with Crippen LogP contribution in [-0.2, 0) is 0 Å². The van der Waals surface area contributed by atoms with Gasteiger partial charge in [0, 0.05) is 27.4 Å². The number of fused-ring (bicyclic) bond motifs is 6. The van der Waals surface area contributed by atoms with Crippen molar-refractivity contribution in [2.24, 2.45) is 0 Å². The molecule has 0 aliphatic carbocycles. The van der Waals surface area contributed by atoms with Gasteiger partial charge in [-0.2, -0.15) is 0 Å². The molecule has 0 aliphatic rings. The summed E-state index contributed by atoms with van der Waals surface area (Å²) in [4.78, 5) is 2.44. The van der Waals surface area contributed by atoms with Crippen molar-refractivity contribution in [2.45, 2.75) is 0 Å². The predicted molar refractivity (Wildman–Crippen MR) is 271 cm³/mol. The fraction of sp³-hybridized carbons (Fsp3) is 0. The molecule has 0 saturated carbocycles. The van der Waals surface area contributed by atoms with E-state index in [2.05, 4.69) is 248 Å². The molecule has 12 aromatic rings. The molecule has 0 unspecified atom stereocenters. The molecule has 64 heavy (non-hydrogen) atoms. The van der Waals surface area contributed by atoms with Crippen LogP contribution in [0.1, 0.15) is 0 Å². The minimum absolute atomic E-state index is 0.849. The number of anilines is 3. The van der Waals surface area contributed by atoms with Gasteiger partial charge >= 0.3 is 0 Å². The highest BCUT2D eigenvalue weighted by molar-refractivity contribution is 6.23. The first kappa shape index (κ1) is 37.3. The van der Waals surface area contributed by atoms with E-state index in [4.69, 9.17) is 4.42 Å². The smallest absolute Gasteiger partial charge is 0.159 e. The lowest BCUT2D eigenvalue weighted by Gasteiger charge is -2.30. The van der Waals surface area contributed by atoms with Crippen LogP contribution >= 0.6 is 0 Å². The summed E-state index contributed by atoms with van der Waals surface area (Å²) in [6.45, 7) is 0.